The molecule has 3 aromatic carbocycles. The van der Waals surface area contributed by atoms with Gasteiger partial charge in [0.05, 0.1) is 30.4 Å². The third-order valence-electron chi connectivity index (χ3n) is 5.71. The van der Waals surface area contributed by atoms with E-state index in [9.17, 15) is 4.79 Å². The highest BCUT2D eigenvalue weighted by molar-refractivity contribution is 6.30. The van der Waals surface area contributed by atoms with Crippen LogP contribution in [0.5, 0.6) is 11.5 Å². The van der Waals surface area contributed by atoms with E-state index in [1.807, 2.05) is 54.6 Å². The third kappa shape index (κ3) is 5.53. The van der Waals surface area contributed by atoms with E-state index in [0.717, 1.165) is 41.1 Å². The molecule has 0 unspecified atom stereocenters. The van der Waals surface area contributed by atoms with Crippen LogP contribution in [-0.2, 0) is 22.4 Å². The summed E-state index contributed by atoms with van der Waals surface area (Å²) < 4.78 is 11.5. The molecule has 0 amide bonds. The lowest BCUT2D eigenvalue weighted by molar-refractivity contribution is -0.117. The highest BCUT2D eigenvalue weighted by Gasteiger charge is 2.14. The highest BCUT2D eigenvalue weighted by atomic mass is 35.5. The molecule has 5 rings (SSSR count). The van der Waals surface area contributed by atoms with E-state index in [0.29, 0.717) is 42.6 Å². The van der Waals surface area contributed by atoms with Gasteiger partial charge in [-0.25, -0.2) is 4.98 Å². The summed E-state index contributed by atoms with van der Waals surface area (Å²) in [7, 11) is 0. The average Bonchev–Trinajstić information content (AvgIpc) is 2.87. The number of halogens is 1. The number of Topliss-reactive ketones (excluding diaryl/α,β-unsaturated/α-hetero) is 1. The smallest absolute Gasteiger partial charge is 0.148 e. The summed E-state index contributed by atoms with van der Waals surface area (Å²) in [5.74, 6) is 2.39. The van der Waals surface area contributed by atoms with Crippen LogP contribution >= 0.6 is 11.6 Å². The lowest BCUT2D eigenvalue weighted by Gasteiger charge is -2.27. The maximum absolute atomic E-state index is 12.4. The lowest BCUT2D eigenvalue weighted by Crippen LogP contribution is -2.36. The van der Waals surface area contributed by atoms with Crippen molar-refractivity contribution < 1.29 is 14.3 Å². The zero-order chi connectivity index (χ0) is 23.3. The number of carbonyl (C=O) groups excluding carboxylic acids is 1. The predicted octanol–water partition coefficient (Wildman–Crippen LogP) is 5.27. The summed E-state index contributed by atoms with van der Waals surface area (Å²) in [6, 6.07) is 20.7. The van der Waals surface area contributed by atoms with Crippen molar-refractivity contribution in [2.45, 2.75) is 12.8 Å². The van der Waals surface area contributed by atoms with Gasteiger partial charge >= 0.3 is 0 Å². The van der Waals surface area contributed by atoms with E-state index >= 15 is 0 Å². The van der Waals surface area contributed by atoms with Crippen molar-refractivity contribution in [2.24, 2.45) is 0 Å². The fourth-order valence-corrected chi connectivity index (χ4v) is 4.05. The Morgan fingerprint density at radius 2 is 1.53 bits per heavy atom. The molecule has 0 saturated carbocycles. The highest BCUT2D eigenvalue weighted by Crippen LogP contribution is 2.26. The fourth-order valence-electron chi connectivity index (χ4n) is 3.92. The fraction of sp³-hybridized carbons (Fsp3) is 0.222. The van der Waals surface area contributed by atoms with Crippen molar-refractivity contribution in [2.75, 3.05) is 31.2 Å². The van der Waals surface area contributed by atoms with Gasteiger partial charge in [-0.3, -0.25) is 9.78 Å². The average molecular weight is 474 g/mol. The number of morpholine rings is 1. The molecule has 0 spiro atoms. The normalized spacial score (nSPS) is 13.7. The Labute approximate surface area is 203 Å². The molecule has 0 aliphatic carbocycles. The molecule has 2 heterocycles. The molecule has 34 heavy (non-hydrogen) atoms. The first-order valence-corrected chi connectivity index (χ1v) is 11.6. The summed E-state index contributed by atoms with van der Waals surface area (Å²) in [4.78, 5) is 23.9. The summed E-state index contributed by atoms with van der Waals surface area (Å²) in [6.45, 7) is 3.02. The molecule has 0 N–H and O–H groups in total. The Balaban J connectivity index is 1.23. The topological polar surface area (TPSA) is 64.5 Å². The van der Waals surface area contributed by atoms with Gasteiger partial charge < -0.3 is 14.4 Å². The molecule has 6 nitrogen and oxygen atoms in total. The molecule has 1 aliphatic heterocycles. The van der Waals surface area contributed by atoms with Crippen LogP contribution in [0.1, 0.15) is 11.1 Å². The van der Waals surface area contributed by atoms with Crippen LogP contribution in [0.25, 0.3) is 11.0 Å². The van der Waals surface area contributed by atoms with Crippen molar-refractivity contribution in [3.8, 4) is 11.5 Å². The maximum atomic E-state index is 12.4. The van der Waals surface area contributed by atoms with Gasteiger partial charge in [-0.2, -0.15) is 0 Å². The van der Waals surface area contributed by atoms with Crippen LogP contribution < -0.4 is 9.64 Å². The number of carbonyl (C=O) groups is 1. The Morgan fingerprint density at radius 3 is 2.24 bits per heavy atom. The van der Waals surface area contributed by atoms with Crippen LogP contribution in [-0.4, -0.2) is 42.1 Å². The molecule has 1 aliphatic rings. The Morgan fingerprint density at radius 1 is 0.882 bits per heavy atom. The molecular weight excluding hydrogens is 450 g/mol. The Hall–Kier alpha value is -3.48. The molecular formula is C27H24ClN3O3. The monoisotopic (exact) mass is 473 g/mol. The first-order valence-electron chi connectivity index (χ1n) is 11.2. The molecule has 0 bridgehead atoms. The summed E-state index contributed by atoms with van der Waals surface area (Å²) in [5, 5.41) is 0.669. The van der Waals surface area contributed by atoms with E-state index in [-0.39, 0.29) is 5.78 Å². The quantitative estimate of drug-likeness (QED) is 0.364. The predicted molar refractivity (Wildman–Crippen MR) is 133 cm³/mol. The number of hydrogen-bond donors (Lipinski definition) is 0. The van der Waals surface area contributed by atoms with Crippen molar-refractivity contribution >= 4 is 34.2 Å². The number of anilines is 1. The van der Waals surface area contributed by atoms with E-state index in [4.69, 9.17) is 26.1 Å². The largest absolute Gasteiger partial charge is 0.457 e. The van der Waals surface area contributed by atoms with Crippen LogP contribution in [0.3, 0.4) is 0 Å². The number of rotatable bonds is 7. The first-order chi connectivity index (χ1) is 16.6. The lowest BCUT2D eigenvalue weighted by atomic mass is 10.0. The molecule has 0 atom stereocenters. The summed E-state index contributed by atoms with van der Waals surface area (Å²) >= 11 is 5.91. The molecule has 172 valence electrons. The second kappa shape index (κ2) is 10.2. The minimum absolute atomic E-state index is 0.153. The number of nitrogens with zero attached hydrogens (tertiary/aromatic N) is 3. The van der Waals surface area contributed by atoms with Gasteiger partial charge in [-0.1, -0.05) is 35.9 Å². The van der Waals surface area contributed by atoms with Gasteiger partial charge in [0, 0.05) is 37.0 Å². The first kappa shape index (κ1) is 22.3. The van der Waals surface area contributed by atoms with Gasteiger partial charge in [-0.05, 0) is 47.5 Å². The minimum atomic E-state index is 0.153. The van der Waals surface area contributed by atoms with E-state index in [1.165, 1.54) is 0 Å². The van der Waals surface area contributed by atoms with Gasteiger partial charge in [0.15, 0.2) is 0 Å². The van der Waals surface area contributed by atoms with E-state index < -0.39 is 0 Å². The number of fused-ring (bicyclic) bond motifs is 1. The Bertz CT molecular complexity index is 1290. The van der Waals surface area contributed by atoms with E-state index in [1.54, 1.807) is 18.3 Å². The Kier molecular flexibility index (Phi) is 6.70. The van der Waals surface area contributed by atoms with Crippen LogP contribution in [0.2, 0.25) is 5.02 Å². The van der Waals surface area contributed by atoms with Crippen LogP contribution in [0.4, 0.5) is 5.82 Å². The van der Waals surface area contributed by atoms with Crippen molar-refractivity contribution in [1.82, 2.24) is 9.97 Å². The molecule has 1 saturated heterocycles. The number of ketones is 1. The molecule has 4 aromatic rings. The zero-order valence-electron chi connectivity index (χ0n) is 18.6. The summed E-state index contributed by atoms with van der Waals surface area (Å²) in [5.41, 5.74) is 3.51. The summed E-state index contributed by atoms with van der Waals surface area (Å²) in [6.07, 6.45) is 2.57. The second-order valence-electron chi connectivity index (χ2n) is 8.24. The zero-order valence-corrected chi connectivity index (χ0v) is 19.4. The van der Waals surface area contributed by atoms with Gasteiger partial charge in [0.2, 0.25) is 0 Å². The van der Waals surface area contributed by atoms with Gasteiger partial charge in [0.25, 0.3) is 0 Å². The van der Waals surface area contributed by atoms with Crippen molar-refractivity contribution in [3.63, 3.8) is 0 Å². The number of aromatic nitrogens is 2. The molecule has 1 fully saturated rings. The van der Waals surface area contributed by atoms with Crippen molar-refractivity contribution in [3.05, 3.63) is 89.1 Å². The number of hydrogen-bond acceptors (Lipinski definition) is 6. The van der Waals surface area contributed by atoms with Crippen LogP contribution in [0.15, 0.2) is 72.9 Å². The number of ether oxygens (including phenoxy) is 2. The molecule has 0 radical (unpaired) electrons. The molecule has 7 heteroatoms. The van der Waals surface area contributed by atoms with Gasteiger partial charge in [-0.15, -0.1) is 0 Å². The maximum Gasteiger partial charge on any atom is 0.148 e. The third-order valence-corrected chi connectivity index (χ3v) is 5.96. The standard InChI is InChI=1S/C27H24ClN3O3/c28-21-5-1-19(2-6-21)15-22(32)16-20-3-7-23(8-4-20)34-24-9-10-25-26(17-24)30-27(18-29-25)31-11-13-33-14-12-31/h1-10,17-18H,11-16H2. The number of benzene rings is 3. The van der Waals surface area contributed by atoms with Crippen molar-refractivity contribution in [1.29, 1.82) is 0 Å². The van der Waals surface area contributed by atoms with Gasteiger partial charge in [0.1, 0.15) is 23.1 Å². The minimum Gasteiger partial charge on any atom is -0.457 e. The SMILES string of the molecule is O=C(Cc1ccc(Cl)cc1)Cc1ccc(Oc2ccc3ncc(N4CCOCC4)nc3c2)cc1. The molecule has 1 aromatic heterocycles. The van der Waals surface area contributed by atoms with Crippen LogP contribution in [0, 0.1) is 0 Å². The van der Waals surface area contributed by atoms with E-state index in [2.05, 4.69) is 9.88 Å². The second-order valence-corrected chi connectivity index (χ2v) is 8.68.